The summed E-state index contributed by atoms with van der Waals surface area (Å²) in [4.78, 5) is 13.8. The van der Waals surface area contributed by atoms with Gasteiger partial charge in [-0.15, -0.1) is 0 Å². The number of ether oxygens (including phenoxy) is 1. The van der Waals surface area contributed by atoms with Crippen LogP contribution in [-0.4, -0.2) is 46.8 Å². The summed E-state index contributed by atoms with van der Waals surface area (Å²) in [6.45, 7) is 4.27. The van der Waals surface area contributed by atoms with Gasteiger partial charge in [0.05, 0.1) is 0 Å². The van der Waals surface area contributed by atoms with E-state index in [-0.39, 0.29) is 5.56 Å². The van der Waals surface area contributed by atoms with E-state index in [4.69, 9.17) is 4.74 Å². The third-order valence-corrected chi connectivity index (χ3v) is 7.29. The highest BCUT2D eigenvalue weighted by Gasteiger charge is 2.24. The van der Waals surface area contributed by atoms with Crippen LogP contribution in [0.2, 0.25) is 0 Å². The van der Waals surface area contributed by atoms with Crippen LogP contribution < -0.4 is 4.74 Å². The minimum absolute atomic E-state index is 0.218. The Labute approximate surface area is 197 Å². The number of benzene rings is 2. The van der Waals surface area contributed by atoms with Gasteiger partial charge in [-0.2, -0.15) is 11.3 Å². The number of aromatic carboxylic acids is 1. The molecule has 0 atom stereocenters. The van der Waals surface area contributed by atoms with Crippen LogP contribution in [0.3, 0.4) is 0 Å². The van der Waals surface area contributed by atoms with E-state index in [1.807, 2.05) is 6.07 Å². The quantitative estimate of drug-likeness (QED) is 0.366. The van der Waals surface area contributed by atoms with Gasteiger partial charge in [0.1, 0.15) is 17.9 Å². The number of hydrogen-bond donors (Lipinski definition) is 1. The van der Waals surface area contributed by atoms with E-state index < -0.39 is 5.97 Å². The molecule has 0 aliphatic carbocycles. The molecule has 0 bridgehead atoms. The molecule has 0 amide bonds. The molecule has 2 aromatic heterocycles. The van der Waals surface area contributed by atoms with Gasteiger partial charge in [-0.25, -0.2) is 4.79 Å². The van der Waals surface area contributed by atoms with Gasteiger partial charge in [-0.05, 0) is 78.0 Å². The Morgan fingerprint density at radius 2 is 1.85 bits per heavy atom. The van der Waals surface area contributed by atoms with Crippen LogP contribution in [0.15, 0.2) is 71.6 Å². The Kier molecular flexibility index (Phi) is 6.46. The number of hydrogen-bond acceptors (Lipinski definition) is 4. The molecule has 0 unspecified atom stereocenters. The van der Waals surface area contributed by atoms with Crippen molar-refractivity contribution in [1.29, 1.82) is 0 Å². The molecule has 1 aliphatic rings. The molecule has 0 spiro atoms. The maximum Gasteiger partial charge on any atom is 0.339 e. The molecule has 5 rings (SSSR count). The minimum atomic E-state index is -0.954. The smallest absolute Gasteiger partial charge is 0.339 e. The summed E-state index contributed by atoms with van der Waals surface area (Å²) < 4.78 is 8.19. The molecular formula is C27H28N2O3S. The summed E-state index contributed by atoms with van der Waals surface area (Å²) in [5.74, 6) is 0.0476. The van der Waals surface area contributed by atoms with E-state index in [2.05, 4.69) is 56.8 Å². The summed E-state index contributed by atoms with van der Waals surface area (Å²) in [5.41, 5.74) is 4.35. The van der Waals surface area contributed by atoms with Crippen LogP contribution in [-0.2, 0) is 6.54 Å². The van der Waals surface area contributed by atoms with Crippen molar-refractivity contribution in [3.05, 3.63) is 88.2 Å². The van der Waals surface area contributed by atoms with E-state index in [9.17, 15) is 9.90 Å². The lowest BCUT2D eigenvalue weighted by molar-refractivity contribution is 0.0691. The average molecular weight is 461 g/mol. The largest absolute Gasteiger partial charge is 0.491 e. The number of carboxylic acids is 1. The van der Waals surface area contributed by atoms with Crippen molar-refractivity contribution in [3.8, 4) is 5.75 Å². The Morgan fingerprint density at radius 1 is 1.06 bits per heavy atom. The highest BCUT2D eigenvalue weighted by atomic mass is 32.1. The predicted octanol–water partition coefficient (Wildman–Crippen LogP) is 5.71. The number of fused-ring (bicyclic) bond motifs is 1. The lowest BCUT2D eigenvalue weighted by Crippen LogP contribution is -2.35. The monoisotopic (exact) mass is 460 g/mol. The number of rotatable bonds is 8. The van der Waals surface area contributed by atoms with Gasteiger partial charge in [-0.1, -0.05) is 30.3 Å². The fraction of sp³-hybridized carbons (Fsp3) is 0.296. The number of likely N-dealkylation sites (tertiary alicyclic amines) is 1. The maximum atomic E-state index is 11.3. The number of carbonyl (C=O) groups is 1. The van der Waals surface area contributed by atoms with E-state index in [0.29, 0.717) is 18.3 Å². The van der Waals surface area contributed by atoms with Crippen molar-refractivity contribution in [1.82, 2.24) is 9.47 Å². The topological polar surface area (TPSA) is 54.7 Å². The molecule has 33 heavy (non-hydrogen) atoms. The SMILES string of the molecule is O=C(O)c1ccccc1OCCN1CCC(c2cn(Cc3ccsc3)c3ccccc23)CC1. The van der Waals surface area contributed by atoms with Crippen LogP contribution in [0, 0.1) is 0 Å². The molecule has 0 saturated carbocycles. The number of carboxylic acid groups (broad SMARTS) is 1. The zero-order valence-corrected chi connectivity index (χ0v) is 19.3. The molecule has 2 aromatic carbocycles. The zero-order valence-electron chi connectivity index (χ0n) is 18.5. The fourth-order valence-corrected chi connectivity index (χ4v) is 5.49. The number of para-hydroxylation sites is 2. The van der Waals surface area contributed by atoms with Gasteiger partial charge in [0.2, 0.25) is 0 Å². The van der Waals surface area contributed by atoms with Crippen LogP contribution in [0.25, 0.3) is 10.9 Å². The number of nitrogens with zero attached hydrogens (tertiary/aromatic N) is 2. The van der Waals surface area contributed by atoms with Crippen molar-refractivity contribution < 1.29 is 14.6 Å². The van der Waals surface area contributed by atoms with Crippen LogP contribution in [0.1, 0.15) is 40.2 Å². The lowest BCUT2D eigenvalue weighted by atomic mass is 9.89. The second kappa shape index (κ2) is 9.81. The summed E-state index contributed by atoms with van der Waals surface area (Å²) >= 11 is 1.75. The third kappa shape index (κ3) is 4.82. The minimum Gasteiger partial charge on any atom is -0.491 e. The van der Waals surface area contributed by atoms with Gasteiger partial charge in [-0.3, -0.25) is 4.90 Å². The van der Waals surface area contributed by atoms with Crippen molar-refractivity contribution in [2.24, 2.45) is 0 Å². The molecular weight excluding hydrogens is 432 g/mol. The predicted molar refractivity (Wildman–Crippen MR) is 133 cm³/mol. The van der Waals surface area contributed by atoms with Crippen molar-refractivity contribution >= 4 is 28.2 Å². The first-order valence-corrected chi connectivity index (χ1v) is 12.4. The van der Waals surface area contributed by atoms with E-state index in [1.54, 1.807) is 29.5 Å². The van der Waals surface area contributed by atoms with E-state index >= 15 is 0 Å². The Bertz CT molecular complexity index is 1220. The zero-order chi connectivity index (χ0) is 22.6. The first-order valence-electron chi connectivity index (χ1n) is 11.5. The highest BCUT2D eigenvalue weighted by Crippen LogP contribution is 2.35. The Balaban J connectivity index is 1.21. The Morgan fingerprint density at radius 3 is 2.64 bits per heavy atom. The molecule has 0 radical (unpaired) electrons. The maximum absolute atomic E-state index is 11.3. The standard InChI is InChI=1S/C27H28N2O3S/c30-27(31)23-6-2-4-8-26(23)32-15-14-28-12-9-21(10-13-28)24-18-29(17-20-11-16-33-19-20)25-7-3-1-5-22(24)25/h1-8,11,16,18-19,21H,9-10,12-15,17H2,(H,30,31). The number of thiophene rings is 1. The van der Waals surface area contributed by atoms with Crippen LogP contribution in [0.5, 0.6) is 5.75 Å². The summed E-state index contributed by atoms with van der Waals surface area (Å²) in [6.07, 6.45) is 4.62. The van der Waals surface area contributed by atoms with E-state index in [1.165, 1.54) is 22.0 Å². The molecule has 1 fully saturated rings. The van der Waals surface area contributed by atoms with Gasteiger partial charge in [0.15, 0.2) is 0 Å². The van der Waals surface area contributed by atoms with Gasteiger partial charge < -0.3 is 14.4 Å². The van der Waals surface area contributed by atoms with E-state index in [0.717, 1.165) is 39.0 Å². The van der Waals surface area contributed by atoms with Crippen LogP contribution >= 0.6 is 11.3 Å². The molecule has 4 aromatic rings. The highest BCUT2D eigenvalue weighted by molar-refractivity contribution is 7.07. The third-order valence-electron chi connectivity index (χ3n) is 6.56. The number of aromatic nitrogens is 1. The van der Waals surface area contributed by atoms with Gasteiger partial charge in [0, 0.05) is 30.2 Å². The number of piperidine rings is 1. The second-order valence-corrected chi connectivity index (χ2v) is 9.41. The molecule has 1 aliphatic heterocycles. The Hall–Kier alpha value is -3.09. The fourth-order valence-electron chi connectivity index (χ4n) is 4.83. The first-order chi connectivity index (χ1) is 16.2. The van der Waals surface area contributed by atoms with Crippen molar-refractivity contribution in [2.45, 2.75) is 25.3 Å². The molecule has 1 saturated heterocycles. The molecule has 5 nitrogen and oxygen atoms in total. The molecule has 6 heteroatoms. The van der Waals surface area contributed by atoms with Crippen molar-refractivity contribution in [3.63, 3.8) is 0 Å². The normalized spacial score (nSPS) is 15.2. The molecule has 3 heterocycles. The summed E-state index contributed by atoms with van der Waals surface area (Å²) in [5, 5.41) is 15.0. The summed E-state index contributed by atoms with van der Waals surface area (Å²) in [6, 6.07) is 17.8. The first kappa shape index (κ1) is 21.7. The average Bonchev–Trinajstić information content (AvgIpc) is 3.48. The lowest BCUT2D eigenvalue weighted by Gasteiger charge is -2.31. The van der Waals surface area contributed by atoms with Gasteiger partial charge in [0.25, 0.3) is 0 Å². The van der Waals surface area contributed by atoms with Crippen LogP contribution in [0.4, 0.5) is 0 Å². The molecule has 1 N–H and O–H groups in total. The molecule has 170 valence electrons. The van der Waals surface area contributed by atoms with Gasteiger partial charge >= 0.3 is 5.97 Å². The second-order valence-electron chi connectivity index (χ2n) is 8.63. The summed E-state index contributed by atoms with van der Waals surface area (Å²) in [7, 11) is 0. The van der Waals surface area contributed by atoms with Crippen molar-refractivity contribution in [2.75, 3.05) is 26.2 Å².